The first-order valence-corrected chi connectivity index (χ1v) is 7.97. The summed E-state index contributed by atoms with van der Waals surface area (Å²) in [4.78, 5) is 18.4. The van der Waals surface area contributed by atoms with Gasteiger partial charge in [0.15, 0.2) is 0 Å². The maximum atomic E-state index is 12.5. The largest absolute Gasteiger partial charge is 0.416 e. The van der Waals surface area contributed by atoms with Gasteiger partial charge in [0.2, 0.25) is 0 Å². The number of hydrogen-bond acceptors (Lipinski definition) is 3. The first-order chi connectivity index (χ1) is 11.8. The lowest BCUT2D eigenvalue weighted by molar-refractivity contribution is -0.137. The summed E-state index contributed by atoms with van der Waals surface area (Å²) in [5.41, 5.74) is -0.124. The molecule has 0 spiro atoms. The Bertz CT molecular complexity index is 697. The lowest BCUT2D eigenvalue weighted by Gasteiger charge is -2.17. The molecule has 0 unspecified atom stereocenters. The van der Waals surface area contributed by atoms with Gasteiger partial charge in [-0.2, -0.15) is 13.2 Å². The van der Waals surface area contributed by atoms with Crippen LogP contribution in [0.5, 0.6) is 0 Å². The van der Waals surface area contributed by atoms with E-state index in [9.17, 15) is 18.0 Å². The summed E-state index contributed by atoms with van der Waals surface area (Å²) >= 11 is 0. The van der Waals surface area contributed by atoms with Gasteiger partial charge in [-0.05, 0) is 42.8 Å². The highest BCUT2D eigenvalue weighted by Crippen LogP contribution is 2.29. The van der Waals surface area contributed by atoms with E-state index in [1.54, 1.807) is 12.1 Å². The van der Waals surface area contributed by atoms with Crippen LogP contribution >= 0.6 is 0 Å². The third kappa shape index (κ3) is 5.20. The summed E-state index contributed by atoms with van der Waals surface area (Å²) < 4.78 is 37.6. The highest BCUT2D eigenvalue weighted by molar-refractivity contribution is 6.04. The number of benzene rings is 1. The Hall–Kier alpha value is -2.57. The monoisotopic (exact) mass is 351 g/mol. The number of carbonyl (C=O) groups is 1. The topological polar surface area (TPSA) is 45.2 Å². The van der Waals surface area contributed by atoms with Gasteiger partial charge in [0.1, 0.15) is 5.82 Å². The molecule has 0 fully saturated rings. The van der Waals surface area contributed by atoms with Gasteiger partial charge < -0.3 is 10.2 Å². The minimum atomic E-state index is -4.40. The molecule has 1 heterocycles. The highest BCUT2D eigenvalue weighted by Gasteiger charge is 2.30. The van der Waals surface area contributed by atoms with Gasteiger partial charge in [-0.15, -0.1) is 0 Å². The number of aromatic nitrogens is 1. The maximum Gasteiger partial charge on any atom is 0.416 e. The van der Waals surface area contributed by atoms with Crippen LogP contribution in [0.25, 0.3) is 0 Å². The first-order valence-electron chi connectivity index (χ1n) is 7.97. The van der Waals surface area contributed by atoms with Gasteiger partial charge in [-0.25, -0.2) is 4.98 Å². The number of anilines is 2. The Morgan fingerprint density at radius 1 is 1.16 bits per heavy atom. The summed E-state index contributed by atoms with van der Waals surface area (Å²) in [6, 6.07) is 7.70. The van der Waals surface area contributed by atoms with Gasteiger partial charge in [0.25, 0.3) is 5.91 Å². The number of alkyl halides is 3. The molecule has 2 aromatic rings. The third-order valence-corrected chi connectivity index (χ3v) is 3.72. The van der Waals surface area contributed by atoms with E-state index < -0.39 is 17.6 Å². The maximum absolute atomic E-state index is 12.5. The van der Waals surface area contributed by atoms with E-state index in [1.807, 2.05) is 11.9 Å². The number of carbonyl (C=O) groups excluding carboxylic acids is 1. The Balaban J connectivity index is 2.01. The zero-order valence-electron chi connectivity index (χ0n) is 14.1. The predicted octanol–water partition coefficient (Wildman–Crippen LogP) is 4.59. The Morgan fingerprint density at radius 3 is 2.36 bits per heavy atom. The molecular formula is C18H20F3N3O. The van der Waals surface area contributed by atoms with Crippen molar-refractivity contribution >= 4 is 17.4 Å². The Morgan fingerprint density at radius 2 is 1.84 bits per heavy atom. The summed E-state index contributed by atoms with van der Waals surface area (Å²) in [5.74, 6) is 0.342. The molecule has 0 atom stereocenters. The van der Waals surface area contributed by atoms with Crippen molar-refractivity contribution in [2.45, 2.75) is 25.9 Å². The molecule has 1 aromatic carbocycles. The second-order valence-electron chi connectivity index (χ2n) is 5.71. The molecule has 1 aromatic heterocycles. The standard InChI is InChI=1S/C18H20F3N3O/c1-3-4-11-24(2)16-10-5-13(12-22-16)17(25)23-15-8-6-14(7-9-15)18(19,20)21/h5-10,12H,3-4,11H2,1-2H3,(H,23,25). The number of hydrogen-bond donors (Lipinski definition) is 1. The fourth-order valence-electron chi connectivity index (χ4n) is 2.20. The Labute approximate surface area is 144 Å². The average Bonchev–Trinajstić information content (AvgIpc) is 2.59. The number of nitrogens with zero attached hydrogens (tertiary/aromatic N) is 2. The lowest BCUT2D eigenvalue weighted by Crippen LogP contribution is -2.20. The van der Waals surface area contributed by atoms with Crippen LogP contribution in [0.1, 0.15) is 35.7 Å². The van der Waals surface area contributed by atoms with Crippen LogP contribution in [0.15, 0.2) is 42.6 Å². The van der Waals surface area contributed by atoms with E-state index in [0.717, 1.165) is 37.3 Å². The molecule has 0 aliphatic heterocycles. The third-order valence-electron chi connectivity index (χ3n) is 3.72. The molecule has 1 amide bonds. The minimum absolute atomic E-state index is 0.294. The second kappa shape index (κ2) is 8.00. The van der Waals surface area contributed by atoms with Gasteiger partial charge in [-0.3, -0.25) is 4.79 Å². The molecule has 0 saturated heterocycles. The predicted molar refractivity (Wildman–Crippen MR) is 91.8 cm³/mol. The number of unbranched alkanes of at least 4 members (excludes halogenated alkanes) is 1. The molecule has 2 rings (SSSR count). The molecule has 0 saturated carbocycles. The average molecular weight is 351 g/mol. The molecule has 25 heavy (non-hydrogen) atoms. The van der Waals surface area contributed by atoms with Gasteiger partial charge in [-0.1, -0.05) is 13.3 Å². The summed E-state index contributed by atoms with van der Waals surface area (Å²) in [7, 11) is 1.93. The quantitative estimate of drug-likeness (QED) is 0.828. The zero-order valence-corrected chi connectivity index (χ0v) is 14.1. The number of pyridine rings is 1. The number of nitrogens with one attached hydrogen (secondary N) is 1. The molecule has 0 radical (unpaired) electrons. The van der Waals surface area contributed by atoms with Gasteiger partial charge in [0, 0.05) is 25.5 Å². The van der Waals surface area contributed by atoms with Crippen molar-refractivity contribution in [2.24, 2.45) is 0 Å². The second-order valence-corrected chi connectivity index (χ2v) is 5.71. The van der Waals surface area contributed by atoms with E-state index in [-0.39, 0.29) is 0 Å². The van der Waals surface area contributed by atoms with Crippen LogP contribution in [0, 0.1) is 0 Å². The van der Waals surface area contributed by atoms with Crippen LogP contribution in [0.2, 0.25) is 0 Å². The van der Waals surface area contributed by atoms with Gasteiger partial charge in [0.05, 0.1) is 11.1 Å². The normalized spacial score (nSPS) is 11.2. The number of amides is 1. The molecule has 4 nitrogen and oxygen atoms in total. The summed E-state index contributed by atoms with van der Waals surface area (Å²) in [6.45, 7) is 2.98. The van der Waals surface area contributed by atoms with E-state index >= 15 is 0 Å². The van der Waals surface area contributed by atoms with E-state index in [4.69, 9.17) is 0 Å². The molecular weight excluding hydrogens is 331 g/mol. The zero-order chi connectivity index (χ0) is 18.4. The van der Waals surface area contributed by atoms with Gasteiger partial charge >= 0.3 is 6.18 Å². The summed E-state index contributed by atoms with van der Waals surface area (Å²) in [5, 5.41) is 2.56. The van der Waals surface area contributed by atoms with E-state index in [0.29, 0.717) is 11.3 Å². The summed E-state index contributed by atoms with van der Waals surface area (Å²) in [6.07, 6.45) is -0.810. The molecule has 0 aliphatic rings. The Kier molecular flexibility index (Phi) is 6.01. The fourth-order valence-corrected chi connectivity index (χ4v) is 2.20. The van der Waals surface area contributed by atoms with Crippen molar-refractivity contribution in [2.75, 3.05) is 23.8 Å². The molecule has 134 valence electrons. The van der Waals surface area contributed by atoms with Crippen molar-refractivity contribution in [3.05, 3.63) is 53.7 Å². The number of rotatable bonds is 6. The molecule has 1 N–H and O–H groups in total. The minimum Gasteiger partial charge on any atom is -0.360 e. The van der Waals surface area contributed by atoms with E-state index in [2.05, 4.69) is 17.2 Å². The van der Waals surface area contributed by atoms with E-state index in [1.165, 1.54) is 18.3 Å². The van der Waals surface area contributed by atoms with Crippen LogP contribution in [0.4, 0.5) is 24.7 Å². The van der Waals surface area contributed by atoms with Crippen molar-refractivity contribution in [3.8, 4) is 0 Å². The van der Waals surface area contributed by atoms with Crippen molar-refractivity contribution in [3.63, 3.8) is 0 Å². The molecule has 0 aliphatic carbocycles. The molecule has 0 bridgehead atoms. The SMILES string of the molecule is CCCCN(C)c1ccc(C(=O)Nc2ccc(C(F)(F)F)cc2)cn1. The smallest absolute Gasteiger partial charge is 0.360 e. The van der Waals surface area contributed by atoms with Crippen molar-refractivity contribution in [1.82, 2.24) is 4.98 Å². The highest BCUT2D eigenvalue weighted by atomic mass is 19.4. The first kappa shape index (κ1) is 18.8. The van der Waals surface area contributed by atoms with Crippen LogP contribution < -0.4 is 10.2 Å². The van der Waals surface area contributed by atoms with Crippen LogP contribution in [-0.4, -0.2) is 24.5 Å². The van der Waals surface area contributed by atoms with Crippen molar-refractivity contribution in [1.29, 1.82) is 0 Å². The molecule has 7 heteroatoms. The van der Waals surface area contributed by atoms with Crippen LogP contribution in [0.3, 0.4) is 0 Å². The van der Waals surface area contributed by atoms with Crippen LogP contribution in [-0.2, 0) is 6.18 Å². The number of halogens is 3. The lowest BCUT2D eigenvalue weighted by atomic mass is 10.2. The fraction of sp³-hybridized carbons (Fsp3) is 0.333. The van der Waals surface area contributed by atoms with Crippen molar-refractivity contribution < 1.29 is 18.0 Å².